The minimum atomic E-state index is -0.475. The maximum atomic E-state index is 13.2. The van der Waals surface area contributed by atoms with Gasteiger partial charge in [-0.25, -0.2) is 9.37 Å². The predicted octanol–water partition coefficient (Wildman–Crippen LogP) is 3.96. The minimum Gasteiger partial charge on any atom is -0.457 e. The molecule has 0 radical (unpaired) electrons. The Morgan fingerprint density at radius 2 is 1.96 bits per heavy atom. The lowest BCUT2D eigenvalue weighted by molar-refractivity contribution is 0.477. The van der Waals surface area contributed by atoms with Gasteiger partial charge in [-0.1, -0.05) is 17.8 Å². The summed E-state index contributed by atoms with van der Waals surface area (Å²) in [5, 5.41) is 9.65. The van der Waals surface area contributed by atoms with Gasteiger partial charge in [-0.2, -0.15) is 5.26 Å². The van der Waals surface area contributed by atoms with Crippen LogP contribution < -0.4 is 10.3 Å². The molecule has 0 unspecified atom stereocenters. The van der Waals surface area contributed by atoms with Gasteiger partial charge in [0.15, 0.2) is 5.16 Å². The first-order valence-electron chi connectivity index (χ1n) is 7.23. The second-order valence-corrected chi connectivity index (χ2v) is 5.79. The Morgan fingerprint density at radius 1 is 1.20 bits per heavy atom. The van der Waals surface area contributed by atoms with Gasteiger partial charge < -0.3 is 9.72 Å². The van der Waals surface area contributed by atoms with E-state index in [1.165, 1.54) is 23.9 Å². The fraction of sp³-hybridized carbons (Fsp3) is 0.0556. The molecule has 124 valence electrons. The Bertz CT molecular complexity index is 1010. The number of benzene rings is 2. The number of hydrogen-bond donors (Lipinski definition) is 1. The van der Waals surface area contributed by atoms with Crippen LogP contribution in [0.3, 0.4) is 0 Å². The quantitative estimate of drug-likeness (QED) is 0.567. The van der Waals surface area contributed by atoms with E-state index in [0.29, 0.717) is 27.9 Å². The molecule has 25 heavy (non-hydrogen) atoms. The molecular weight excluding hydrogens is 341 g/mol. The average molecular weight is 353 g/mol. The third-order valence-electron chi connectivity index (χ3n) is 3.36. The van der Waals surface area contributed by atoms with Gasteiger partial charge in [0, 0.05) is 11.6 Å². The largest absolute Gasteiger partial charge is 0.457 e. The number of ether oxygens (including phenoxy) is 1. The number of hydrogen-bond acceptors (Lipinski definition) is 5. The van der Waals surface area contributed by atoms with Crippen LogP contribution in [0.15, 0.2) is 58.5 Å². The van der Waals surface area contributed by atoms with E-state index in [2.05, 4.69) is 9.97 Å². The van der Waals surface area contributed by atoms with Crippen molar-refractivity contribution in [2.45, 2.75) is 5.16 Å². The Balaban J connectivity index is 1.94. The number of rotatable bonds is 4. The second kappa shape index (κ2) is 7.20. The first-order valence-corrected chi connectivity index (χ1v) is 8.45. The highest BCUT2D eigenvalue weighted by Gasteiger charge is 2.13. The molecular formula is C18H12FN3O2S. The lowest BCUT2D eigenvalue weighted by Gasteiger charge is -2.08. The summed E-state index contributed by atoms with van der Waals surface area (Å²) in [4.78, 5) is 18.8. The van der Waals surface area contributed by atoms with Crippen LogP contribution in [0.25, 0.3) is 11.3 Å². The Kier molecular flexibility index (Phi) is 4.82. The molecule has 2 aromatic carbocycles. The Hall–Kier alpha value is -3.11. The summed E-state index contributed by atoms with van der Waals surface area (Å²) in [5.74, 6) is 0.497. The van der Waals surface area contributed by atoms with Gasteiger partial charge in [-0.3, -0.25) is 4.79 Å². The molecule has 3 rings (SSSR count). The third-order valence-corrected chi connectivity index (χ3v) is 3.94. The Labute approximate surface area is 147 Å². The van der Waals surface area contributed by atoms with Gasteiger partial charge in [0.1, 0.15) is 28.9 Å². The van der Waals surface area contributed by atoms with Crippen LogP contribution in [-0.2, 0) is 0 Å². The lowest BCUT2D eigenvalue weighted by Crippen LogP contribution is -2.14. The van der Waals surface area contributed by atoms with Gasteiger partial charge in [-0.05, 0) is 42.7 Å². The zero-order valence-corrected chi connectivity index (χ0v) is 13.9. The monoisotopic (exact) mass is 353 g/mol. The van der Waals surface area contributed by atoms with Gasteiger partial charge in [-0.15, -0.1) is 0 Å². The maximum Gasteiger partial charge on any atom is 0.270 e. The zero-order valence-electron chi connectivity index (χ0n) is 13.1. The molecule has 0 bridgehead atoms. The van der Waals surface area contributed by atoms with Crippen molar-refractivity contribution < 1.29 is 9.13 Å². The molecule has 1 heterocycles. The van der Waals surface area contributed by atoms with Crippen molar-refractivity contribution in [1.29, 1.82) is 5.26 Å². The first kappa shape index (κ1) is 16.7. The fourth-order valence-corrected chi connectivity index (χ4v) is 2.59. The fourth-order valence-electron chi connectivity index (χ4n) is 2.21. The summed E-state index contributed by atoms with van der Waals surface area (Å²) in [7, 11) is 0. The van der Waals surface area contributed by atoms with Crippen LogP contribution in [0.5, 0.6) is 11.5 Å². The highest BCUT2D eigenvalue weighted by Crippen LogP contribution is 2.26. The number of H-pyrrole nitrogens is 1. The van der Waals surface area contributed by atoms with E-state index in [1.54, 1.807) is 42.7 Å². The zero-order chi connectivity index (χ0) is 17.8. The molecule has 0 amide bonds. The van der Waals surface area contributed by atoms with Gasteiger partial charge in [0.05, 0.1) is 5.69 Å². The van der Waals surface area contributed by atoms with Crippen molar-refractivity contribution in [2.75, 3.05) is 6.26 Å². The van der Waals surface area contributed by atoms with E-state index in [9.17, 15) is 14.4 Å². The normalized spacial score (nSPS) is 10.3. The van der Waals surface area contributed by atoms with Crippen LogP contribution in [0, 0.1) is 17.1 Å². The molecule has 7 heteroatoms. The second-order valence-electron chi connectivity index (χ2n) is 4.99. The van der Waals surface area contributed by atoms with Crippen molar-refractivity contribution in [3.05, 3.63) is 70.3 Å². The standard InChI is InChI=1S/C18H12FN3O2S/c1-25-18-21-16(15(10-20)17(23)22-18)11-5-7-13(8-6-11)24-14-4-2-3-12(19)9-14/h2-9H,1H3,(H,21,22,23). The van der Waals surface area contributed by atoms with Crippen LogP contribution in [0.1, 0.15) is 5.56 Å². The third kappa shape index (κ3) is 3.70. The molecule has 3 aromatic rings. The predicted molar refractivity (Wildman–Crippen MR) is 93.3 cm³/mol. The van der Waals surface area contributed by atoms with Crippen LogP contribution >= 0.6 is 11.8 Å². The summed E-state index contributed by atoms with van der Waals surface area (Å²) in [6, 6.07) is 14.4. The number of nitriles is 1. The van der Waals surface area contributed by atoms with Gasteiger partial charge in [0.25, 0.3) is 5.56 Å². The smallest absolute Gasteiger partial charge is 0.270 e. The molecule has 5 nitrogen and oxygen atoms in total. The summed E-state index contributed by atoms with van der Waals surface area (Å²) in [5.41, 5.74) is 0.408. The highest BCUT2D eigenvalue weighted by atomic mass is 32.2. The highest BCUT2D eigenvalue weighted by molar-refractivity contribution is 7.98. The molecule has 0 spiro atoms. The first-order chi connectivity index (χ1) is 12.1. The SMILES string of the molecule is CSc1nc(-c2ccc(Oc3cccc(F)c3)cc2)c(C#N)c(=O)[nH]1. The molecule has 0 saturated carbocycles. The minimum absolute atomic E-state index is 0.0448. The van der Waals surface area contributed by atoms with E-state index in [1.807, 2.05) is 6.07 Å². The van der Waals surface area contributed by atoms with Crippen molar-refractivity contribution in [1.82, 2.24) is 9.97 Å². The summed E-state index contributed by atoms with van der Waals surface area (Å²) >= 11 is 1.28. The molecule has 1 N–H and O–H groups in total. The number of aromatic nitrogens is 2. The average Bonchev–Trinajstić information content (AvgIpc) is 2.61. The molecule has 0 saturated heterocycles. The molecule has 1 aromatic heterocycles. The maximum absolute atomic E-state index is 13.2. The van der Waals surface area contributed by atoms with Crippen molar-refractivity contribution >= 4 is 11.8 Å². The molecule has 0 aliphatic carbocycles. The number of halogens is 1. The Morgan fingerprint density at radius 3 is 2.60 bits per heavy atom. The van der Waals surface area contributed by atoms with Crippen LogP contribution in [-0.4, -0.2) is 16.2 Å². The molecule has 0 aliphatic heterocycles. The number of aromatic amines is 1. The molecule has 0 atom stereocenters. The van der Waals surface area contributed by atoms with Gasteiger partial charge in [0.2, 0.25) is 0 Å². The van der Waals surface area contributed by atoms with Gasteiger partial charge >= 0.3 is 0 Å². The summed E-state index contributed by atoms with van der Waals surface area (Å²) in [6.07, 6.45) is 1.78. The van der Waals surface area contributed by atoms with Crippen molar-refractivity contribution in [3.8, 4) is 28.8 Å². The number of nitrogens with one attached hydrogen (secondary N) is 1. The number of nitrogens with zero attached hydrogens (tertiary/aromatic N) is 2. The molecule has 0 fully saturated rings. The van der Waals surface area contributed by atoms with Crippen LogP contribution in [0.4, 0.5) is 4.39 Å². The summed E-state index contributed by atoms with van der Waals surface area (Å²) < 4.78 is 18.8. The number of thioether (sulfide) groups is 1. The van der Waals surface area contributed by atoms with E-state index in [-0.39, 0.29) is 11.4 Å². The van der Waals surface area contributed by atoms with E-state index in [4.69, 9.17) is 4.74 Å². The van der Waals surface area contributed by atoms with E-state index in [0.717, 1.165) is 0 Å². The lowest BCUT2D eigenvalue weighted by atomic mass is 10.1. The molecule has 0 aliphatic rings. The summed E-state index contributed by atoms with van der Waals surface area (Å²) in [6.45, 7) is 0. The van der Waals surface area contributed by atoms with Crippen LogP contribution in [0.2, 0.25) is 0 Å². The van der Waals surface area contributed by atoms with E-state index < -0.39 is 5.56 Å². The van der Waals surface area contributed by atoms with Crippen molar-refractivity contribution in [2.24, 2.45) is 0 Å². The van der Waals surface area contributed by atoms with Crippen molar-refractivity contribution in [3.63, 3.8) is 0 Å². The van der Waals surface area contributed by atoms with E-state index >= 15 is 0 Å². The topological polar surface area (TPSA) is 78.8 Å².